The standard InChI is InChI=1S/C11H12FN5O/c1-6-5-8(3-4-9(6)12)11-14-16-17(15-11)7(2)10(13)18/h3-5,7H,1-2H3,(H2,13,18)/t7-/m1/s1. The Morgan fingerprint density at radius 1 is 1.50 bits per heavy atom. The lowest BCUT2D eigenvalue weighted by Gasteiger charge is -2.03. The molecule has 0 spiro atoms. The number of halogens is 1. The van der Waals surface area contributed by atoms with Gasteiger partial charge < -0.3 is 5.73 Å². The van der Waals surface area contributed by atoms with E-state index in [2.05, 4.69) is 15.4 Å². The van der Waals surface area contributed by atoms with E-state index in [4.69, 9.17) is 5.73 Å². The van der Waals surface area contributed by atoms with Crippen LogP contribution in [0.2, 0.25) is 0 Å². The normalized spacial score (nSPS) is 12.4. The van der Waals surface area contributed by atoms with E-state index in [-0.39, 0.29) is 5.82 Å². The Kier molecular flexibility index (Phi) is 3.05. The number of carbonyl (C=O) groups is 1. The molecule has 0 aliphatic carbocycles. The van der Waals surface area contributed by atoms with Gasteiger partial charge in [-0.25, -0.2) is 4.39 Å². The van der Waals surface area contributed by atoms with Crippen molar-refractivity contribution in [3.63, 3.8) is 0 Å². The lowest BCUT2D eigenvalue weighted by molar-refractivity contribution is -0.121. The molecule has 2 rings (SSSR count). The maximum absolute atomic E-state index is 13.1. The fraction of sp³-hybridized carbons (Fsp3) is 0.273. The number of carbonyl (C=O) groups excluding carboxylic acids is 1. The number of nitrogens with two attached hydrogens (primary N) is 1. The number of benzene rings is 1. The summed E-state index contributed by atoms with van der Waals surface area (Å²) in [5, 5.41) is 11.6. The lowest BCUT2D eigenvalue weighted by atomic mass is 10.1. The van der Waals surface area contributed by atoms with E-state index >= 15 is 0 Å². The third kappa shape index (κ3) is 2.20. The van der Waals surface area contributed by atoms with Gasteiger partial charge in [-0.2, -0.15) is 4.80 Å². The molecule has 2 aromatic rings. The summed E-state index contributed by atoms with van der Waals surface area (Å²) in [4.78, 5) is 12.1. The van der Waals surface area contributed by atoms with Gasteiger partial charge >= 0.3 is 0 Å². The fourth-order valence-corrected chi connectivity index (χ4v) is 1.40. The molecule has 1 amide bonds. The summed E-state index contributed by atoms with van der Waals surface area (Å²) in [5.41, 5.74) is 6.27. The molecule has 94 valence electrons. The molecule has 1 aromatic carbocycles. The first-order valence-electron chi connectivity index (χ1n) is 5.34. The minimum Gasteiger partial charge on any atom is -0.368 e. The van der Waals surface area contributed by atoms with Gasteiger partial charge in [0.1, 0.15) is 11.9 Å². The maximum Gasteiger partial charge on any atom is 0.243 e. The number of hydrogen-bond donors (Lipinski definition) is 1. The number of aromatic nitrogens is 4. The van der Waals surface area contributed by atoms with Crippen LogP contribution >= 0.6 is 0 Å². The molecular weight excluding hydrogens is 237 g/mol. The zero-order valence-electron chi connectivity index (χ0n) is 9.96. The SMILES string of the molecule is Cc1cc(-c2nnn([C@H](C)C(N)=O)n2)ccc1F. The summed E-state index contributed by atoms with van der Waals surface area (Å²) in [7, 11) is 0. The molecule has 0 fully saturated rings. The van der Waals surface area contributed by atoms with Gasteiger partial charge in [-0.15, -0.1) is 10.2 Å². The second kappa shape index (κ2) is 4.52. The van der Waals surface area contributed by atoms with Crippen molar-refractivity contribution in [3.8, 4) is 11.4 Å². The van der Waals surface area contributed by atoms with E-state index in [0.717, 1.165) is 4.80 Å². The molecule has 1 heterocycles. The van der Waals surface area contributed by atoms with Crippen LogP contribution in [0.5, 0.6) is 0 Å². The summed E-state index contributed by atoms with van der Waals surface area (Å²) >= 11 is 0. The maximum atomic E-state index is 13.1. The summed E-state index contributed by atoms with van der Waals surface area (Å²) in [5.74, 6) is -0.517. The van der Waals surface area contributed by atoms with Crippen LogP contribution in [-0.2, 0) is 4.79 Å². The minimum absolute atomic E-state index is 0.295. The Balaban J connectivity index is 2.35. The number of tetrazole rings is 1. The van der Waals surface area contributed by atoms with Crippen LogP contribution in [0.4, 0.5) is 4.39 Å². The van der Waals surface area contributed by atoms with Crippen LogP contribution in [0.15, 0.2) is 18.2 Å². The van der Waals surface area contributed by atoms with E-state index in [1.807, 2.05) is 0 Å². The quantitative estimate of drug-likeness (QED) is 0.873. The smallest absolute Gasteiger partial charge is 0.243 e. The Bertz CT molecular complexity index is 595. The lowest BCUT2D eigenvalue weighted by Crippen LogP contribution is -2.25. The highest BCUT2D eigenvalue weighted by molar-refractivity contribution is 5.77. The van der Waals surface area contributed by atoms with E-state index in [9.17, 15) is 9.18 Å². The van der Waals surface area contributed by atoms with Crippen LogP contribution in [-0.4, -0.2) is 26.1 Å². The van der Waals surface area contributed by atoms with Crippen molar-refractivity contribution in [1.29, 1.82) is 0 Å². The third-order valence-corrected chi connectivity index (χ3v) is 2.60. The predicted octanol–water partition coefficient (Wildman–Crippen LogP) is 0.834. The Labute approximate surface area is 103 Å². The van der Waals surface area contributed by atoms with Crippen LogP contribution < -0.4 is 5.73 Å². The van der Waals surface area contributed by atoms with Crippen LogP contribution in [0.25, 0.3) is 11.4 Å². The van der Waals surface area contributed by atoms with Gasteiger partial charge in [-0.05, 0) is 42.8 Å². The number of hydrogen-bond acceptors (Lipinski definition) is 4. The van der Waals surface area contributed by atoms with Crippen molar-refractivity contribution in [2.45, 2.75) is 19.9 Å². The number of aryl methyl sites for hydroxylation is 1. The van der Waals surface area contributed by atoms with Crippen molar-refractivity contribution in [1.82, 2.24) is 20.2 Å². The molecule has 7 heteroatoms. The first-order valence-corrected chi connectivity index (χ1v) is 5.34. The topological polar surface area (TPSA) is 86.7 Å². The molecular formula is C11H12FN5O. The largest absolute Gasteiger partial charge is 0.368 e. The van der Waals surface area contributed by atoms with Gasteiger partial charge in [0.25, 0.3) is 0 Å². The molecule has 0 saturated heterocycles. The van der Waals surface area contributed by atoms with Gasteiger partial charge in [-0.1, -0.05) is 0 Å². The molecule has 18 heavy (non-hydrogen) atoms. The van der Waals surface area contributed by atoms with E-state index in [1.165, 1.54) is 6.07 Å². The summed E-state index contributed by atoms with van der Waals surface area (Å²) in [6, 6.07) is 3.83. The van der Waals surface area contributed by atoms with Crippen LogP contribution in [0, 0.1) is 12.7 Å². The van der Waals surface area contributed by atoms with Gasteiger partial charge in [0, 0.05) is 5.56 Å². The zero-order chi connectivity index (χ0) is 13.3. The molecule has 1 atom stereocenters. The van der Waals surface area contributed by atoms with Crippen molar-refractivity contribution in [3.05, 3.63) is 29.6 Å². The molecule has 0 aliphatic rings. The fourth-order valence-electron chi connectivity index (χ4n) is 1.40. The first-order chi connectivity index (χ1) is 8.49. The predicted molar refractivity (Wildman–Crippen MR) is 61.9 cm³/mol. The van der Waals surface area contributed by atoms with Gasteiger partial charge in [-0.3, -0.25) is 4.79 Å². The van der Waals surface area contributed by atoms with Crippen LogP contribution in [0.1, 0.15) is 18.5 Å². The summed E-state index contributed by atoms with van der Waals surface area (Å²) in [6.45, 7) is 3.22. The molecule has 0 bridgehead atoms. The number of nitrogens with zero attached hydrogens (tertiary/aromatic N) is 4. The molecule has 0 unspecified atom stereocenters. The van der Waals surface area contributed by atoms with Gasteiger partial charge in [0.2, 0.25) is 11.7 Å². The van der Waals surface area contributed by atoms with Crippen molar-refractivity contribution in [2.24, 2.45) is 5.73 Å². The number of amides is 1. The van der Waals surface area contributed by atoms with Crippen molar-refractivity contribution >= 4 is 5.91 Å². The van der Waals surface area contributed by atoms with Crippen LogP contribution in [0.3, 0.4) is 0 Å². The molecule has 1 aromatic heterocycles. The zero-order valence-corrected chi connectivity index (χ0v) is 9.96. The summed E-state index contributed by atoms with van der Waals surface area (Å²) < 4.78 is 13.1. The Morgan fingerprint density at radius 2 is 2.22 bits per heavy atom. The highest BCUT2D eigenvalue weighted by Gasteiger charge is 2.15. The summed E-state index contributed by atoms with van der Waals surface area (Å²) in [6.07, 6.45) is 0. The third-order valence-electron chi connectivity index (χ3n) is 2.60. The molecule has 0 aliphatic heterocycles. The molecule has 0 radical (unpaired) electrons. The second-order valence-electron chi connectivity index (χ2n) is 3.98. The van der Waals surface area contributed by atoms with Crippen molar-refractivity contribution < 1.29 is 9.18 Å². The van der Waals surface area contributed by atoms with Crippen molar-refractivity contribution in [2.75, 3.05) is 0 Å². The average Bonchev–Trinajstić information content (AvgIpc) is 2.81. The number of primary amides is 1. The monoisotopic (exact) mass is 249 g/mol. The van der Waals surface area contributed by atoms with Gasteiger partial charge in [0.15, 0.2) is 0 Å². The Hall–Kier alpha value is -2.31. The van der Waals surface area contributed by atoms with E-state index in [1.54, 1.807) is 26.0 Å². The molecule has 6 nitrogen and oxygen atoms in total. The highest BCUT2D eigenvalue weighted by Crippen LogP contribution is 2.18. The average molecular weight is 249 g/mol. The van der Waals surface area contributed by atoms with Gasteiger partial charge in [0.05, 0.1) is 0 Å². The Morgan fingerprint density at radius 3 is 2.83 bits per heavy atom. The number of rotatable bonds is 3. The van der Waals surface area contributed by atoms with E-state index < -0.39 is 11.9 Å². The van der Waals surface area contributed by atoms with E-state index in [0.29, 0.717) is 17.0 Å². The first kappa shape index (κ1) is 12.2. The minimum atomic E-state index is -0.673. The molecule has 2 N–H and O–H groups in total. The molecule has 0 saturated carbocycles. The highest BCUT2D eigenvalue weighted by atomic mass is 19.1. The second-order valence-corrected chi connectivity index (χ2v) is 3.98.